The smallest absolute Gasteiger partial charge is 0.256 e. The van der Waals surface area contributed by atoms with Crippen molar-refractivity contribution in [1.82, 2.24) is 10.2 Å². The third-order valence-electron chi connectivity index (χ3n) is 3.32. The Morgan fingerprint density at radius 1 is 1.60 bits per heavy atom. The van der Waals surface area contributed by atoms with Crippen LogP contribution in [-0.4, -0.2) is 50.2 Å². The van der Waals surface area contributed by atoms with E-state index < -0.39 is 5.82 Å². The standard InChI is InChI=1S/C14H18ClFN2O2/c1-18(6-4-11-9-20-7-5-17-11)14(19)12-8-10(15)2-3-13(12)16/h2-3,8,11,17H,4-7,9H2,1H3. The number of carbonyl (C=O) groups excluding carboxylic acids is 1. The normalized spacial score (nSPS) is 18.9. The molecule has 0 radical (unpaired) electrons. The summed E-state index contributed by atoms with van der Waals surface area (Å²) < 4.78 is 19.0. The number of benzene rings is 1. The Morgan fingerprint density at radius 3 is 3.10 bits per heavy atom. The average Bonchev–Trinajstić information content (AvgIpc) is 2.47. The van der Waals surface area contributed by atoms with E-state index in [0.29, 0.717) is 18.2 Å². The van der Waals surface area contributed by atoms with E-state index in [1.807, 2.05) is 0 Å². The highest BCUT2D eigenvalue weighted by Crippen LogP contribution is 2.16. The fourth-order valence-electron chi connectivity index (χ4n) is 2.12. The van der Waals surface area contributed by atoms with Crippen molar-refractivity contribution in [2.75, 3.05) is 33.4 Å². The van der Waals surface area contributed by atoms with Crippen molar-refractivity contribution in [2.45, 2.75) is 12.5 Å². The van der Waals surface area contributed by atoms with Gasteiger partial charge in [-0.1, -0.05) is 11.6 Å². The summed E-state index contributed by atoms with van der Waals surface area (Å²) in [5.41, 5.74) is 0.00727. The number of nitrogens with one attached hydrogen (secondary N) is 1. The van der Waals surface area contributed by atoms with Gasteiger partial charge in [0.15, 0.2) is 0 Å². The van der Waals surface area contributed by atoms with Crippen LogP contribution in [0.3, 0.4) is 0 Å². The summed E-state index contributed by atoms with van der Waals surface area (Å²) >= 11 is 5.80. The molecule has 1 fully saturated rings. The second-order valence-electron chi connectivity index (χ2n) is 4.87. The Hall–Kier alpha value is -1.17. The number of nitrogens with zero attached hydrogens (tertiary/aromatic N) is 1. The van der Waals surface area contributed by atoms with Gasteiger partial charge in [-0.3, -0.25) is 4.79 Å². The third kappa shape index (κ3) is 3.91. The van der Waals surface area contributed by atoms with Crippen LogP contribution in [-0.2, 0) is 4.74 Å². The zero-order valence-corrected chi connectivity index (χ0v) is 12.1. The van der Waals surface area contributed by atoms with Gasteiger partial charge in [-0.05, 0) is 24.6 Å². The van der Waals surface area contributed by atoms with Gasteiger partial charge in [0.1, 0.15) is 5.82 Å². The maximum Gasteiger partial charge on any atom is 0.256 e. The number of rotatable bonds is 4. The molecule has 1 unspecified atom stereocenters. The van der Waals surface area contributed by atoms with Crippen LogP contribution in [0, 0.1) is 5.82 Å². The van der Waals surface area contributed by atoms with Crippen molar-refractivity contribution in [2.24, 2.45) is 0 Å². The first kappa shape index (κ1) is 15.2. The minimum Gasteiger partial charge on any atom is -0.379 e. The van der Waals surface area contributed by atoms with E-state index in [-0.39, 0.29) is 17.5 Å². The first-order valence-electron chi connectivity index (χ1n) is 6.59. The number of amides is 1. The topological polar surface area (TPSA) is 41.6 Å². The summed E-state index contributed by atoms with van der Waals surface area (Å²) in [6.07, 6.45) is 0.768. The second kappa shape index (κ2) is 7.02. The van der Waals surface area contributed by atoms with Gasteiger partial charge >= 0.3 is 0 Å². The van der Waals surface area contributed by atoms with Crippen molar-refractivity contribution in [3.8, 4) is 0 Å². The highest BCUT2D eigenvalue weighted by molar-refractivity contribution is 6.30. The average molecular weight is 301 g/mol. The van der Waals surface area contributed by atoms with Gasteiger partial charge in [0, 0.05) is 31.2 Å². The zero-order chi connectivity index (χ0) is 14.5. The molecular weight excluding hydrogens is 283 g/mol. The molecule has 1 aromatic rings. The first-order valence-corrected chi connectivity index (χ1v) is 6.97. The highest BCUT2D eigenvalue weighted by atomic mass is 35.5. The lowest BCUT2D eigenvalue weighted by molar-refractivity contribution is 0.0652. The Morgan fingerprint density at radius 2 is 2.40 bits per heavy atom. The predicted molar refractivity (Wildman–Crippen MR) is 75.6 cm³/mol. The van der Waals surface area contributed by atoms with E-state index in [2.05, 4.69) is 5.32 Å². The van der Waals surface area contributed by atoms with Crippen molar-refractivity contribution < 1.29 is 13.9 Å². The van der Waals surface area contributed by atoms with Crippen molar-refractivity contribution in [1.29, 1.82) is 0 Å². The van der Waals surface area contributed by atoms with Gasteiger partial charge in [0.25, 0.3) is 5.91 Å². The predicted octanol–water partition coefficient (Wildman–Crippen LogP) is 1.93. The lowest BCUT2D eigenvalue weighted by atomic mass is 10.1. The molecule has 1 atom stereocenters. The Kier molecular flexibility index (Phi) is 5.34. The number of carbonyl (C=O) groups is 1. The van der Waals surface area contributed by atoms with Crippen LogP contribution < -0.4 is 5.32 Å². The summed E-state index contributed by atoms with van der Waals surface area (Å²) in [4.78, 5) is 13.7. The van der Waals surface area contributed by atoms with E-state index in [9.17, 15) is 9.18 Å². The molecule has 1 aromatic carbocycles. The summed E-state index contributed by atoms with van der Waals surface area (Å²) in [5, 5.41) is 3.67. The number of morpholine rings is 1. The van der Waals surface area contributed by atoms with E-state index in [1.165, 1.54) is 23.1 Å². The zero-order valence-electron chi connectivity index (χ0n) is 11.4. The molecule has 1 heterocycles. The van der Waals surface area contributed by atoms with Gasteiger partial charge in [-0.15, -0.1) is 0 Å². The van der Waals surface area contributed by atoms with Crippen LogP contribution >= 0.6 is 11.6 Å². The lowest BCUT2D eigenvalue weighted by Gasteiger charge is -2.26. The minimum absolute atomic E-state index is 0.00727. The van der Waals surface area contributed by atoms with E-state index >= 15 is 0 Å². The molecular formula is C14H18ClFN2O2. The van der Waals surface area contributed by atoms with Crippen LogP contribution in [0.25, 0.3) is 0 Å². The second-order valence-corrected chi connectivity index (χ2v) is 5.30. The Labute approximate surface area is 122 Å². The van der Waals surface area contributed by atoms with Gasteiger partial charge in [0.05, 0.1) is 18.8 Å². The first-order chi connectivity index (χ1) is 9.58. The molecule has 1 amide bonds. The van der Waals surface area contributed by atoms with E-state index in [0.717, 1.165) is 19.6 Å². The van der Waals surface area contributed by atoms with E-state index in [4.69, 9.17) is 16.3 Å². The van der Waals surface area contributed by atoms with Crippen molar-refractivity contribution in [3.05, 3.63) is 34.6 Å². The van der Waals surface area contributed by atoms with Crippen LogP contribution in [0.4, 0.5) is 4.39 Å². The third-order valence-corrected chi connectivity index (χ3v) is 3.55. The van der Waals surface area contributed by atoms with Crippen LogP contribution in [0.15, 0.2) is 18.2 Å². The number of ether oxygens (including phenoxy) is 1. The molecule has 2 rings (SSSR count). The SMILES string of the molecule is CN(CCC1COCCN1)C(=O)c1cc(Cl)ccc1F. The molecule has 4 nitrogen and oxygen atoms in total. The molecule has 0 bridgehead atoms. The highest BCUT2D eigenvalue weighted by Gasteiger charge is 2.19. The lowest BCUT2D eigenvalue weighted by Crippen LogP contribution is -2.43. The molecule has 0 spiro atoms. The summed E-state index contributed by atoms with van der Waals surface area (Å²) in [6.45, 7) is 2.73. The molecule has 0 aliphatic carbocycles. The fourth-order valence-corrected chi connectivity index (χ4v) is 2.30. The van der Waals surface area contributed by atoms with Crippen LogP contribution in [0.2, 0.25) is 5.02 Å². The van der Waals surface area contributed by atoms with Gasteiger partial charge in [-0.25, -0.2) is 4.39 Å². The van der Waals surface area contributed by atoms with Gasteiger partial charge in [-0.2, -0.15) is 0 Å². The summed E-state index contributed by atoms with van der Waals surface area (Å²) in [6, 6.07) is 4.23. The largest absolute Gasteiger partial charge is 0.379 e. The molecule has 0 saturated carbocycles. The van der Waals surface area contributed by atoms with Crippen LogP contribution in [0.1, 0.15) is 16.8 Å². The summed E-state index contributed by atoms with van der Waals surface area (Å²) in [7, 11) is 1.66. The Bertz CT molecular complexity index is 478. The monoisotopic (exact) mass is 300 g/mol. The van der Waals surface area contributed by atoms with Gasteiger partial charge < -0.3 is 15.0 Å². The molecule has 1 aliphatic heterocycles. The fraction of sp³-hybridized carbons (Fsp3) is 0.500. The maximum atomic E-state index is 13.6. The van der Waals surface area contributed by atoms with Crippen molar-refractivity contribution >= 4 is 17.5 Å². The molecule has 1 saturated heterocycles. The van der Waals surface area contributed by atoms with E-state index in [1.54, 1.807) is 7.05 Å². The van der Waals surface area contributed by atoms with Gasteiger partial charge in [0.2, 0.25) is 0 Å². The molecule has 0 aromatic heterocycles. The van der Waals surface area contributed by atoms with Crippen molar-refractivity contribution in [3.63, 3.8) is 0 Å². The number of halogens is 2. The molecule has 1 N–H and O–H groups in total. The number of hydrogen-bond donors (Lipinski definition) is 1. The molecule has 20 heavy (non-hydrogen) atoms. The molecule has 110 valence electrons. The summed E-state index contributed by atoms with van der Waals surface area (Å²) in [5.74, 6) is -0.910. The number of hydrogen-bond acceptors (Lipinski definition) is 3. The maximum absolute atomic E-state index is 13.6. The minimum atomic E-state index is -0.551. The molecule has 1 aliphatic rings. The quantitative estimate of drug-likeness (QED) is 0.924. The Balaban J connectivity index is 1.92. The molecule has 6 heteroatoms. The van der Waals surface area contributed by atoms with Crippen LogP contribution in [0.5, 0.6) is 0 Å².